The molecule has 2 aromatic heterocycles. The number of hydrogen-bond donors (Lipinski definition) is 2. The molecular formula is C21H25N3O3S. The van der Waals surface area contributed by atoms with Gasteiger partial charge in [0.1, 0.15) is 5.00 Å². The summed E-state index contributed by atoms with van der Waals surface area (Å²) in [7, 11) is 3.14. The van der Waals surface area contributed by atoms with Gasteiger partial charge in [0.15, 0.2) is 11.5 Å². The van der Waals surface area contributed by atoms with Crippen molar-refractivity contribution in [3.05, 3.63) is 58.7 Å². The summed E-state index contributed by atoms with van der Waals surface area (Å²) in [5.74, 6) is 1.18. The second kappa shape index (κ2) is 8.39. The fraction of sp³-hybridized carbons (Fsp3) is 0.286. The smallest absolute Gasteiger partial charge is 0.319 e. The van der Waals surface area contributed by atoms with Crippen LogP contribution in [0.3, 0.4) is 0 Å². The molecule has 0 spiro atoms. The van der Waals surface area contributed by atoms with E-state index < -0.39 is 0 Å². The summed E-state index contributed by atoms with van der Waals surface area (Å²) in [6.07, 6.45) is 4.04. The molecule has 0 radical (unpaired) electrons. The molecule has 0 bridgehead atoms. The summed E-state index contributed by atoms with van der Waals surface area (Å²) in [6, 6.07) is 8.83. The van der Waals surface area contributed by atoms with E-state index in [4.69, 9.17) is 9.47 Å². The third-order valence-electron chi connectivity index (χ3n) is 4.67. The number of amides is 2. The highest BCUT2D eigenvalue weighted by molar-refractivity contribution is 7.14. The minimum Gasteiger partial charge on any atom is -0.493 e. The van der Waals surface area contributed by atoms with Crippen LogP contribution >= 0.6 is 11.3 Å². The minimum absolute atomic E-state index is 0.150. The zero-order chi connectivity index (χ0) is 20.3. The average molecular weight is 400 g/mol. The van der Waals surface area contributed by atoms with Gasteiger partial charge in [0.25, 0.3) is 0 Å². The maximum atomic E-state index is 12.6. The number of ether oxygens (including phenoxy) is 2. The standard InChI is InChI=1S/C21H25N3O3S/c1-13-15(3)28-20(24-10-6-7-11-24)19(13)14(2)22-21(25)23-16-8-9-17(26-4)18(12-16)27-5/h6-12,14H,1-5H3,(H2,22,23,25)/t14-/m0/s1. The third kappa shape index (κ3) is 3.99. The van der Waals surface area contributed by atoms with Crippen molar-refractivity contribution in [3.8, 4) is 16.5 Å². The molecule has 0 fully saturated rings. The van der Waals surface area contributed by atoms with Crippen molar-refractivity contribution < 1.29 is 14.3 Å². The van der Waals surface area contributed by atoms with Gasteiger partial charge in [-0.05, 0) is 50.6 Å². The van der Waals surface area contributed by atoms with E-state index in [1.54, 1.807) is 43.8 Å². The van der Waals surface area contributed by atoms with Gasteiger partial charge in [0.2, 0.25) is 0 Å². The van der Waals surface area contributed by atoms with Crippen LogP contribution in [-0.4, -0.2) is 24.8 Å². The van der Waals surface area contributed by atoms with Crippen LogP contribution in [0.4, 0.5) is 10.5 Å². The first kappa shape index (κ1) is 19.8. The number of carbonyl (C=O) groups is 1. The number of urea groups is 1. The summed E-state index contributed by atoms with van der Waals surface area (Å²) >= 11 is 1.73. The molecule has 3 aromatic rings. The number of aromatic nitrogens is 1. The second-order valence-corrected chi connectivity index (χ2v) is 7.69. The number of nitrogens with one attached hydrogen (secondary N) is 2. The number of benzene rings is 1. The number of rotatable bonds is 6. The molecule has 3 rings (SSSR count). The fourth-order valence-corrected chi connectivity index (χ4v) is 4.37. The summed E-state index contributed by atoms with van der Waals surface area (Å²) in [5, 5.41) is 7.02. The highest BCUT2D eigenvalue weighted by Gasteiger charge is 2.21. The number of methoxy groups -OCH3 is 2. The van der Waals surface area contributed by atoms with E-state index in [-0.39, 0.29) is 12.1 Å². The van der Waals surface area contributed by atoms with Gasteiger partial charge in [-0.3, -0.25) is 0 Å². The van der Waals surface area contributed by atoms with Crippen LogP contribution in [0.2, 0.25) is 0 Å². The summed E-state index contributed by atoms with van der Waals surface area (Å²) in [6.45, 7) is 6.20. The van der Waals surface area contributed by atoms with E-state index in [0.717, 1.165) is 10.6 Å². The van der Waals surface area contributed by atoms with Crippen LogP contribution in [0.5, 0.6) is 11.5 Å². The number of thiophene rings is 1. The Morgan fingerprint density at radius 3 is 2.43 bits per heavy atom. The third-order valence-corrected chi connectivity index (χ3v) is 5.91. The molecule has 1 atom stereocenters. The number of hydrogen-bond acceptors (Lipinski definition) is 4. The second-order valence-electron chi connectivity index (χ2n) is 6.48. The zero-order valence-corrected chi connectivity index (χ0v) is 17.5. The van der Waals surface area contributed by atoms with Crippen molar-refractivity contribution in [1.82, 2.24) is 9.88 Å². The molecular weight excluding hydrogens is 374 g/mol. The topological polar surface area (TPSA) is 64.5 Å². The first-order chi connectivity index (χ1) is 13.4. The molecule has 7 heteroatoms. The highest BCUT2D eigenvalue weighted by Crippen LogP contribution is 2.35. The molecule has 0 saturated carbocycles. The molecule has 0 aliphatic rings. The van der Waals surface area contributed by atoms with Gasteiger partial charge < -0.3 is 24.7 Å². The lowest BCUT2D eigenvalue weighted by Crippen LogP contribution is -2.31. The maximum absolute atomic E-state index is 12.6. The molecule has 148 valence electrons. The predicted octanol–water partition coefficient (Wildman–Crippen LogP) is 5.06. The number of aryl methyl sites for hydroxylation is 1. The van der Waals surface area contributed by atoms with Gasteiger partial charge in [0, 0.05) is 34.6 Å². The molecule has 1 aromatic carbocycles. The molecule has 0 unspecified atom stereocenters. The molecule has 0 aliphatic carbocycles. The first-order valence-corrected chi connectivity index (χ1v) is 9.79. The van der Waals surface area contributed by atoms with Crippen LogP contribution in [0, 0.1) is 13.8 Å². The van der Waals surface area contributed by atoms with Crippen molar-refractivity contribution in [2.45, 2.75) is 26.8 Å². The molecule has 6 nitrogen and oxygen atoms in total. The molecule has 2 amide bonds. The van der Waals surface area contributed by atoms with E-state index in [2.05, 4.69) is 29.0 Å². The van der Waals surface area contributed by atoms with Gasteiger partial charge in [0.05, 0.1) is 20.3 Å². The summed E-state index contributed by atoms with van der Waals surface area (Å²) < 4.78 is 12.6. The van der Waals surface area contributed by atoms with E-state index in [1.165, 1.54) is 10.4 Å². The Morgan fingerprint density at radius 1 is 1.11 bits per heavy atom. The lowest BCUT2D eigenvalue weighted by molar-refractivity contribution is 0.249. The maximum Gasteiger partial charge on any atom is 0.319 e. The van der Waals surface area contributed by atoms with Crippen LogP contribution in [0.25, 0.3) is 5.00 Å². The van der Waals surface area contributed by atoms with Crippen LogP contribution in [0.15, 0.2) is 42.7 Å². The largest absolute Gasteiger partial charge is 0.493 e. The molecule has 2 N–H and O–H groups in total. The van der Waals surface area contributed by atoms with Gasteiger partial charge in [-0.25, -0.2) is 4.79 Å². The van der Waals surface area contributed by atoms with Crippen molar-refractivity contribution >= 4 is 23.1 Å². The summed E-state index contributed by atoms with van der Waals surface area (Å²) in [5.41, 5.74) is 2.96. The molecule has 2 heterocycles. The number of nitrogens with zero attached hydrogens (tertiary/aromatic N) is 1. The van der Waals surface area contributed by atoms with Gasteiger partial charge in [-0.1, -0.05) is 0 Å². The Labute approximate surface area is 169 Å². The van der Waals surface area contributed by atoms with Crippen LogP contribution in [0.1, 0.15) is 29.0 Å². The van der Waals surface area contributed by atoms with E-state index in [0.29, 0.717) is 17.2 Å². The highest BCUT2D eigenvalue weighted by atomic mass is 32.1. The monoisotopic (exact) mass is 399 g/mol. The van der Waals surface area contributed by atoms with Gasteiger partial charge in [-0.15, -0.1) is 11.3 Å². The van der Waals surface area contributed by atoms with Crippen molar-refractivity contribution in [2.75, 3.05) is 19.5 Å². The Bertz CT molecular complexity index is 964. The van der Waals surface area contributed by atoms with E-state index >= 15 is 0 Å². The molecule has 0 aliphatic heterocycles. The Balaban J connectivity index is 1.77. The molecule has 28 heavy (non-hydrogen) atoms. The SMILES string of the molecule is COc1ccc(NC(=O)N[C@@H](C)c2c(-n3cccc3)sc(C)c2C)cc1OC. The Hall–Kier alpha value is -2.93. The quantitative estimate of drug-likeness (QED) is 0.609. The van der Waals surface area contributed by atoms with Crippen molar-refractivity contribution in [3.63, 3.8) is 0 Å². The van der Waals surface area contributed by atoms with Crippen LogP contribution in [-0.2, 0) is 0 Å². The van der Waals surface area contributed by atoms with Crippen molar-refractivity contribution in [2.24, 2.45) is 0 Å². The Morgan fingerprint density at radius 2 is 1.79 bits per heavy atom. The number of carbonyl (C=O) groups excluding carboxylic acids is 1. The first-order valence-electron chi connectivity index (χ1n) is 8.97. The Kier molecular flexibility index (Phi) is 5.94. The summed E-state index contributed by atoms with van der Waals surface area (Å²) in [4.78, 5) is 13.8. The molecule has 0 saturated heterocycles. The normalized spacial score (nSPS) is 11.8. The van der Waals surface area contributed by atoms with E-state index in [1.807, 2.05) is 31.5 Å². The average Bonchev–Trinajstić information content (AvgIpc) is 3.30. The van der Waals surface area contributed by atoms with Crippen LogP contribution < -0.4 is 20.1 Å². The lowest BCUT2D eigenvalue weighted by atomic mass is 10.1. The minimum atomic E-state index is -0.276. The number of anilines is 1. The van der Waals surface area contributed by atoms with E-state index in [9.17, 15) is 4.79 Å². The lowest BCUT2D eigenvalue weighted by Gasteiger charge is -2.18. The van der Waals surface area contributed by atoms with Gasteiger partial charge >= 0.3 is 6.03 Å². The fourth-order valence-electron chi connectivity index (χ4n) is 3.15. The van der Waals surface area contributed by atoms with Gasteiger partial charge in [-0.2, -0.15) is 0 Å². The zero-order valence-electron chi connectivity index (χ0n) is 16.7. The predicted molar refractivity (Wildman–Crippen MR) is 113 cm³/mol. The van der Waals surface area contributed by atoms with Crippen molar-refractivity contribution in [1.29, 1.82) is 0 Å².